The normalized spacial score (nSPS) is 15.3. The Bertz CT molecular complexity index is 1160. The van der Waals surface area contributed by atoms with Crippen molar-refractivity contribution in [2.24, 2.45) is 0 Å². The van der Waals surface area contributed by atoms with Gasteiger partial charge in [-0.3, -0.25) is 4.90 Å². The summed E-state index contributed by atoms with van der Waals surface area (Å²) in [5.74, 6) is 0. The molecule has 0 atom stereocenters. The van der Waals surface area contributed by atoms with Crippen LogP contribution in [0.15, 0.2) is 78.9 Å². The fraction of sp³-hybridized carbons (Fsp3) is 0.259. The molecule has 0 bridgehead atoms. The Morgan fingerprint density at radius 3 is 1.82 bits per heavy atom. The maximum atomic E-state index is 13.0. The van der Waals surface area contributed by atoms with E-state index in [4.69, 9.17) is 0 Å². The smallest absolute Gasteiger partial charge is 0.299 e. The highest BCUT2D eigenvalue weighted by Gasteiger charge is 2.31. The molecule has 1 nitrogen and oxygen atoms in total. The molecule has 0 saturated heterocycles. The average Bonchev–Trinajstić information content (AvgIpc) is 2.82. The molecule has 0 radical (unpaired) electrons. The van der Waals surface area contributed by atoms with E-state index < -0.39 is 23.5 Å². The van der Waals surface area contributed by atoms with Crippen molar-refractivity contribution in [3.05, 3.63) is 101 Å². The van der Waals surface area contributed by atoms with Crippen LogP contribution >= 0.6 is 0 Å². The van der Waals surface area contributed by atoms with Gasteiger partial charge in [-0.2, -0.15) is 26.3 Å². The predicted molar refractivity (Wildman–Crippen MR) is 121 cm³/mol. The summed E-state index contributed by atoms with van der Waals surface area (Å²) in [6.07, 6.45) is -5.30. The third-order valence-corrected chi connectivity index (χ3v) is 6.05. The summed E-state index contributed by atoms with van der Waals surface area (Å²) in [5.41, 5.74) is 2.54. The van der Waals surface area contributed by atoms with E-state index in [9.17, 15) is 26.3 Å². The Labute approximate surface area is 194 Å². The largest absolute Gasteiger partial charge is 0.416 e. The van der Waals surface area contributed by atoms with E-state index in [1.807, 2.05) is 30.3 Å². The van der Waals surface area contributed by atoms with Crippen LogP contribution in [0.1, 0.15) is 28.7 Å². The lowest BCUT2D eigenvalue weighted by Gasteiger charge is -2.26. The first kappa shape index (κ1) is 24.1. The fourth-order valence-corrected chi connectivity index (χ4v) is 4.10. The van der Waals surface area contributed by atoms with Gasteiger partial charge in [0.15, 0.2) is 0 Å². The number of halogens is 6. The van der Waals surface area contributed by atoms with Gasteiger partial charge in [-0.25, -0.2) is 0 Å². The molecule has 3 aromatic rings. The van der Waals surface area contributed by atoms with E-state index in [0.717, 1.165) is 54.4 Å². The molecule has 178 valence electrons. The van der Waals surface area contributed by atoms with Crippen LogP contribution < -0.4 is 0 Å². The third-order valence-electron chi connectivity index (χ3n) is 6.05. The van der Waals surface area contributed by atoms with E-state index in [-0.39, 0.29) is 0 Å². The van der Waals surface area contributed by atoms with Crippen LogP contribution in [0.25, 0.3) is 16.7 Å². The van der Waals surface area contributed by atoms with Crippen molar-refractivity contribution < 1.29 is 26.3 Å². The average molecular weight is 475 g/mol. The summed E-state index contributed by atoms with van der Waals surface area (Å²) >= 11 is 0. The lowest BCUT2D eigenvalue weighted by Crippen LogP contribution is -2.30. The molecule has 1 aliphatic heterocycles. The third kappa shape index (κ3) is 5.89. The summed E-state index contributed by atoms with van der Waals surface area (Å²) in [5, 5.41) is 0. The molecule has 0 aromatic heterocycles. The highest BCUT2D eigenvalue weighted by atomic mass is 19.4. The Kier molecular flexibility index (Phi) is 6.84. The second-order valence-electron chi connectivity index (χ2n) is 8.38. The molecule has 7 heteroatoms. The Morgan fingerprint density at radius 2 is 1.26 bits per heavy atom. The number of hydrogen-bond donors (Lipinski definition) is 0. The Morgan fingerprint density at radius 1 is 0.676 bits per heavy atom. The maximum absolute atomic E-state index is 13.0. The van der Waals surface area contributed by atoms with Crippen LogP contribution in [0.5, 0.6) is 0 Å². The molecule has 0 saturated carbocycles. The van der Waals surface area contributed by atoms with E-state index in [0.29, 0.717) is 24.1 Å². The topological polar surface area (TPSA) is 3.24 Å². The molecule has 1 aliphatic rings. The van der Waals surface area contributed by atoms with Crippen molar-refractivity contribution in [2.75, 3.05) is 19.6 Å². The predicted octanol–water partition coefficient (Wildman–Crippen LogP) is 7.72. The van der Waals surface area contributed by atoms with Crippen LogP contribution in [0.3, 0.4) is 0 Å². The number of benzene rings is 3. The summed E-state index contributed by atoms with van der Waals surface area (Å²) in [4.78, 5) is 2.23. The van der Waals surface area contributed by atoms with Gasteiger partial charge in [0.25, 0.3) is 0 Å². The first-order valence-electron chi connectivity index (χ1n) is 11.0. The molecule has 0 unspecified atom stereocenters. The standard InChI is InChI=1S/C27H23F6N/c28-26(29,30)24-5-1-3-22(17-24)20-9-7-19(8-10-20)11-14-34-15-12-21(13-16-34)23-4-2-6-25(18-23)27(31,32)33/h1-10,12,17-18H,11,13-16H2. The SMILES string of the molecule is FC(F)(F)c1cccc(C2=CCN(CCc3ccc(-c4cccc(C(F)(F)F)c4)cc3)CC2)c1. The van der Waals surface area contributed by atoms with E-state index in [2.05, 4.69) is 4.90 Å². The first-order valence-corrected chi connectivity index (χ1v) is 11.0. The fourth-order valence-electron chi connectivity index (χ4n) is 4.10. The van der Waals surface area contributed by atoms with Crippen molar-refractivity contribution in [1.29, 1.82) is 0 Å². The van der Waals surface area contributed by atoms with Gasteiger partial charge in [0.2, 0.25) is 0 Å². The minimum Gasteiger partial charge on any atom is -0.299 e. The molecule has 0 fully saturated rings. The van der Waals surface area contributed by atoms with Crippen LogP contribution in [0.4, 0.5) is 26.3 Å². The zero-order chi connectivity index (χ0) is 24.3. The van der Waals surface area contributed by atoms with Gasteiger partial charge in [-0.1, -0.05) is 54.6 Å². The summed E-state index contributed by atoms with van der Waals surface area (Å²) in [7, 11) is 0. The van der Waals surface area contributed by atoms with E-state index in [1.165, 1.54) is 18.2 Å². The van der Waals surface area contributed by atoms with Gasteiger partial charge < -0.3 is 0 Å². The molecule has 0 amide bonds. The molecular weight excluding hydrogens is 452 g/mol. The van der Waals surface area contributed by atoms with Gasteiger partial charge in [-0.15, -0.1) is 0 Å². The number of alkyl halides is 6. The number of nitrogens with zero attached hydrogens (tertiary/aromatic N) is 1. The lowest BCUT2D eigenvalue weighted by atomic mass is 9.97. The summed E-state index contributed by atoms with van der Waals surface area (Å²) in [6.45, 7) is 2.20. The Hall–Kier alpha value is -3.06. The summed E-state index contributed by atoms with van der Waals surface area (Å²) in [6, 6.07) is 18.2. The van der Waals surface area contributed by atoms with E-state index >= 15 is 0 Å². The molecule has 0 spiro atoms. The highest BCUT2D eigenvalue weighted by Crippen LogP contribution is 2.33. The van der Waals surface area contributed by atoms with Crippen LogP contribution in [-0.2, 0) is 18.8 Å². The Balaban J connectivity index is 1.34. The second kappa shape index (κ2) is 9.66. The van der Waals surface area contributed by atoms with Crippen molar-refractivity contribution in [3.63, 3.8) is 0 Å². The molecule has 0 aliphatic carbocycles. The van der Waals surface area contributed by atoms with Gasteiger partial charge in [-0.05, 0) is 64.9 Å². The molecule has 4 rings (SSSR count). The highest BCUT2D eigenvalue weighted by molar-refractivity contribution is 5.67. The van der Waals surface area contributed by atoms with Crippen LogP contribution in [-0.4, -0.2) is 24.5 Å². The minimum absolute atomic E-state index is 0.518. The second-order valence-corrected chi connectivity index (χ2v) is 8.38. The van der Waals surface area contributed by atoms with Crippen LogP contribution in [0.2, 0.25) is 0 Å². The zero-order valence-corrected chi connectivity index (χ0v) is 18.3. The van der Waals surface area contributed by atoms with Gasteiger partial charge in [0.1, 0.15) is 0 Å². The van der Waals surface area contributed by atoms with Crippen LogP contribution in [0, 0.1) is 0 Å². The monoisotopic (exact) mass is 475 g/mol. The quantitative estimate of drug-likeness (QED) is 0.342. The molecule has 1 heterocycles. The summed E-state index contributed by atoms with van der Waals surface area (Å²) < 4.78 is 77.8. The maximum Gasteiger partial charge on any atom is 0.416 e. The number of hydrogen-bond acceptors (Lipinski definition) is 1. The number of rotatable bonds is 5. The van der Waals surface area contributed by atoms with Crippen molar-refractivity contribution in [3.8, 4) is 11.1 Å². The first-order chi connectivity index (χ1) is 16.1. The van der Waals surface area contributed by atoms with Crippen molar-refractivity contribution in [1.82, 2.24) is 4.90 Å². The molecule has 3 aromatic carbocycles. The lowest BCUT2D eigenvalue weighted by molar-refractivity contribution is -0.138. The minimum atomic E-state index is -4.38. The molecular formula is C27H23F6N. The van der Waals surface area contributed by atoms with Crippen molar-refractivity contribution >= 4 is 5.57 Å². The zero-order valence-electron chi connectivity index (χ0n) is 18.3. The van der Waals surface area contributed by atoms with Gasteiger partial charge >= 0.3 is 12.4 Å². The van der Waals surface area contributed by atoms with Gasteiger partial charge in [0.05, 0.1) is 11.1 Å². The molecule has 0 N–H and O–H groups in total. The molecule has 34 heavy (non-hydrogen) atoms. The van der Waals surface area contributed by atoms with Gasteiger partial charge in [0, 0.05) is 19.6 Å². The van der Waals surface area contributed by atoms with Crippen molar-refractivity contribution in [2.45, 2.75) is 25.2 Å². The van der Waals surface area contributed by atoms with E-state index in [1.54, 1.807) is 12.1 Å².